The van der Waals surface area contributed by atoms with Gasteiger partial charge in [-0.1, -0.05) is 18.2 Å². The maximum absolute atomic E-state index is 13.0. The van der Waals surface area contributed by atoms with E-state index >= 15 is 0 Å². The zero-order valence-corrected chi connectivity index (χ0v) is 15.3. The molecule has 0 unspecified atom stereocenters. The van der Waals surface area contributed by atoms with Gasteiger partial charge in [0.05, 0.1) is 5.75 Å². The number of rotatable bonds is 5. The SMILES string of the molecule is CS(=O)(=O)CC[C@@H](C(=O)N1CCCCC1)N1Cc2ccccc2C1=O. The van der Waals surface area contributed by atoms with Gasteiger partial charge in [-0.2, -0.15) is 0 Å². The van der Waals surface area contributed by atoms with Gasteiger partial charge in [0.2, 0.25) is 5.91 Å². The van der Waals surface area contributed by atoms with Crippen LogP contribution in [0.4, 0.5) is 0 Å². The fourth-order valence-electron chi connectivity index (χ4n) is 3.59. The summed E-state index contributed by atoms with van der Waals surface area (Å²) < 4.78 is 23.2. The summed E-state index contributed by atoms with van der Waals surface area (Å²) in [6.45, 7) is 1.73. The van der Waals surface area contributed by atoms with E-state index in [1.807, 2.05) is 12.1 Å². The van der Waals surface area contributed by atoms with Gasteiger partial charge in [0, 0.05) is 31.5 Å². The van der Waals surface area contributed by atoms with Crippen LogP contribution in [0.15, 0.2) is 24.3 Å². The Kier molecular flexibility index (Phi) is 5.13. The van der Waals surface area contributed by atoms with E-state index in [9.17, 15) is 18.0 Å². The van der Waals surface area contributed by atoms with Crippen molar-refractivity contribution in [2.45, 2.75) is 38.3 Å². The molecule has 0 aromatic heterocycles. The first-order chi connectivity index (χ1) is 11.9. The minimum Gasteiger partial charge on any atom is -0.341 e. The zero-order valence-electron chi connectivity index (χ0n) is 14.5. The summed E-state index contributed by atoms with van der Waals surface area (Å²) >= 11 is 0. The molecule has 0 aliphatic carbocycles. The van der Waals surface area contributed by atoms with Gasteiger partial charge in [-0.05, 0) is 37.3 Å². The van der Waals surface area contributed by atoms with E-state index in [0.29, 0.717) is 25.2 Å². The van der Waals surface area contributed by atoms with Crippen LogP contribution in [-0.4, -0.2) is 61.2 Å². The predicted octanol–water partition coefficient (Wildman–Crippen LogP) is 1.46. The Bertz CT molecular complexity index is 769. The number of piperidine rings is 1. The summed E-state index contributed by atoms with van der Waals surface area (Å²) in [6, 6.07) is 6.60. The second-order valence-electron chi connectivity index (χ2n) is 6.91. The summed E-state index contributed by atoms with van der Waals surface area (Å²) in [5.41, 5.74) is 1.50. The molecule has 1 aromatic rings. The fraction of sp³-hybridized carbons (Fsp3) is 0.556. The molecule has 136 valence electrons. The molecule has 0 bridgehead atoms. The highest BCUT2D eigenvalue weighted by Gasteiger charge is 2.38. The molecule has 0 N–H and O–H groups in total. The van der Waals surface area contributed by atoms with Gasteiger partial charge in [-0.3, -0.25) is 9.59 Å². The van der Waals surface area contributed by atoms with Gasteiger partial charge >= 0.3 is 0 Å². The van der Waals surface area contributed by atoms with E-state index in [-0.39, 0.29) is 24.0 Å². The highest BCUT2D eigenvalue weighted by Crippen LogP contribution is 2.27. The molecule has 25 heavy (non-hydrogen) atoms. The van der Waals surface area contributed by atoms with E-state index in [2.05, 4.69) is 0 Å². The molecule has 2 aliphatic rings. The second-order valence-corrected chi connectivity index (χ2v) is 9.17. The Morgan fingerprint density at radius 3 is 2.48 bits per heavy atom. The number of likely N-dealkylation sites (tertiary alicyclic amines) is 1. The van der Waals surface area contributed by atoms with Crippen molar-refractivity contribution in [3.63, 3.8) is 0 Å². The number of amides is 2. The quantitative estimate of drug-likeness (QED) is 0.793. The summed E-state index contributed by atoms with van der Waals surface area (Å²) in [5, 5.41) is 0. The minimum absolute atomic E-state index is 0.0998. The normalized spacial score (nSPS) is 19.0. The lowest BCUT2D eigenvalue weighted by molar-refractivity contribution is -0.137. The monoisotopic (exact) mass is 364 g/mol. The average Bonchev–Trinajstić information content (AvgIpc) is 2.92. The molecule has 2 heterocycles. The van der Waals surface area contributed by atoms with Crippen LogP contribution in [0.2, 0.25) is 0 Å². The Morgan fingerprint density at radius 1 is 1.16 bits per heavy atom. The number of sulfone groups is 1. The molecule has 1 atom stereocenters. The van der Waals surface area contributed by atoms with Crippen molar-refractivity contribution in [2.75, 3.05) is 25.1 Å². The molecule has 1 aromatic carbocycles. The number of hydrogen-bond acceptors (Lipinski definition) is 4. The van der Waals surface area contributed by atoms with Crippen molar-refractivity contribution in [2.24, 2.45) is 0 Å². The third-order valence-electron chi connectivity index (χ3n) is 4.94. The smallest absolute Gasteiger partial charge is 0.255 e. The van der Waals surface area contributed by atoms with Crippen LogP contribution in [-0.2, 0) is 21.2 Å². The highest BCUT2D eigenvalue weighted by atomic mass is 32.2. The molecule has 6 nitrogen and oxygen atoms in total. The van der Waals surface area contributed by atoms with Gasteiger partial charge in [0.25, 0.3) is 5.91 Å². The third kappa shape index (κ3) is 4.03. The van der Waals surface area contributed by atoms with E-state index in [4.69, 9.17) is 0 Å². The maximum Gasteiger partial charge on any atom is 0.255 e. The van der Waals surface area contributed by atoms with Crippen LogP contribution < -0.4 is 0 Å². The van der Waals surface area contributed by atoms with Crippen LogP contribution >= 0.6 is 0 Å². The van der Waals surface area contributed by atoms with Crippen LogP contribution in [0, 0.1) is 0 Å². The van der Waals surface area contributed by atoms with Gasteiger partial charge < -0.3 is 9.80 Å². The Labute approximate surface area is 148 Å². The summed E-state index contributed by atoms with van der Waals surface area (Å²) in [7, 11) is -3.21. The molecule has 0 saturated carbocycles. The molecule has 1 saturated heterocycles. The van der Waals surface area contributed by atoms with Crippen LogP contribution in [0.25, 0.3) is 0 Å². The largest absolute Gasteiger partial charge is 0.341 e. The topological polar surface area (TPSA) is 74.8 Å². The summed E-state index contributed by atoms with van der Waals surface area (Å²) in [5.74, 6) is -0.402. The predicted molar refractivity (Wildman–Crippen MR) is 94.9 cm³/mol. The van der Waals surface area contributed by atoms with Crippen molar-refractivity contribution in [1.82, 2.24) is 9.80 Å². The van der Waals surface area contributed by atoms with Crippen molar-refractivity contribution < 1.29 is 18.0 Å². The number of carbonyl (C=O) groups is 2. The maximum atomic E-state index is 13.0. The first kappa shape index (κ1) is 17.9. The van der Waals surface area contributed by atoms with E-state index < -0.39 is 15.9 Å². The van der Waals surface area contributed by atoms with Crippen molar-refractivity contribution in [1.29, 1.82) is 0 Å². The molecule has 0 spiro atoms. The molecular weight excluding hydrogens is 340 g/mol. The Hall–Kier alpha value is -1.89. The molecular formula is C18H24N2O4S. The number of carbonyl (C=O) groups excluding carboxylic acids is 2. The minimum atomic E-state index is -3.21. The Balaban J connectivity index is 1.83. The number of benzene rings is 1. The summed E-state index contributed by atoms with van der Waals surface area (Å²) in [6.07, 6.45) is 4.33. The zero-order chi connectivity index (χ0) is 18.0. The van der Waals surface area contributed by atoms with Gasteiger partial charge in [0.1, 0.15) is 15.9 Å². The molecule has 0 radical (unpaired) electrons. The van der Waals surface area contributed by atoms with Crippen LogP contribution in [0.5, 0.6) is 0 Å². The third-order valence-corrected chi connectivity index (χ3v) is 5.92. The van der Waals surface area contributed by atoms with E-state index in [0.717, 1.165) is 31.1 Å². The van der Waals surface area contributed by atoms with Gasteiger partial charge in [-0.15, -0.1) is 0 Å². The van der Waals surface area contributed by atoms with Crippen LogP contribution in [0.1, 0.15) is 41.6 Å². The van der Waals surface area contributed by atoms with Gasteiger partial charge in [0.15, 0.2) is 0 Å². The average molecular weight is 364 g/mol. The lowest BCUT2D eigenvalue weighted by Crippen LogP contribution is -2.50. The molecule has 2 aliphatic heterocycles. The number of hydrogen-bond donors (Lipinski definition) is 0. The van der Waals surface area contributed by atoms with Crippen molar-refractivity contribution in [3.05, 3.63) is 35.4 Å². The fourth-order valence-corrected chi connectivity index (χ4v) is 4.24. The molecule has 2 amide bonds. The Morgan fingerprint density at radius 2 is 1.84 bits per heavy atom. The highest BCUT2D eigenvalue weighted by molar-refractivity contribution is 7.90. The number of fused-ring (bicyclic) bond motifs is 1. The lowest BCUT2D eigenvalue weighted by Gasteiger charge is -2.34. The number of nitrogens with zero attached hydrogens (tertiary/aromatic N) is 2. The summed E-state index contributed by atoms with van der Waals surface area (Å²) in [4.78, 5) is 29.1. The first-order valence-corrected chi connectivity index (χ1v) is 10.8. The van der Waals surface area contributed by atoms with Crippen LogP contribution in [0.3, 0.4) is 0 Å². The molecule has 3 rings (SSSR count). The van der Waals surface area contributed by atoms with E-state index in [1.54, 1.807) is 21.9 Å². The van der Waals surface area contributed by atoms with E-state index in [1.165, 1.54) is 0 Å². The van der Waals surface area contributed by atoms with Crippen molar-refractivity contribution in [3.8, 4) is 0 Å². The van der Waals surface area contributed by atoms with Crippen molar-refractivity contribution >= 4 is 21.7 Å². The molecule has 1 fully saturated rings. The van der Waals surface area contributed by atoms with Gasteiger partial charge in [-0.25, -0.2) is 8.42 Å². The standard InChI is InChI=1S/C18H24N2O4S/c1-25(23,24)12-9-16(18(22)19-10-5-2-6-11-19)20-13-14-7-3-4-8-15(14)17(20)21/h3-4,7-8,16H,2,5-6,9-13H2,1H3/t16-/m0/s1. The lowest BCUT2D eigenvalue weighted by atomic mass is 10.1. The first-order valence-electron chi connectivity index (χ1n) is 8.72. The molecule has 7 heteroatoms. The second kappa shape index (κ2) is 7.15.